The van der Waals surface area contributed by atoms with Gasteiger partial charge in [-0.3, -0.25) is 4.90 Å². The van der Waals surface area contributed by atoms with Gasteiger partial charge in [0.25, 0.3) is 0 Å². The first-order valence-electron chi connectivity index (χ1n) is 15.6. The Kier molecular flexibility index (Phi) is 11.7. The van der Waals surface area contributed by atoms with Crippen molar-refractivity contribution in [1.82, 2.24) is 9.80 Å². The third-order valence-corrected chi connectivity index (χ3v) is 9.39. The van der Waals surface area contributed by atoms with Gasteiger partial charge in [0.2, 0.25) is 9.61 Å². The number of carboxylic acids is 1. The van der Waals surface area contributed by atoms with E-state index in [0.29, 0.717) is 23.0 Å². The fraction of sp³-hybridized carbons (Fsp3) is 0.500. The first-order valence-corrected chi connectivity index (χ1v) is 16.7. The molecule has 16 heteroatoms. The number of aliphatic carboxylic acids is 1. The molecule has 2 aromatic rings. The molecular weight excluding hydrogens is 728 g/mol. The van der Waals surface area contributed by atoms with E-state index in [9.17, 15) is 32.7 Å². The van der Waals surface area contributed by atoms with Crippen LogP contribution in [0.25, 0.3) is 5.57 Å². The number of hydrogen-bond acceptors (Lipinski definition) is 7. The Morgan fingerprint density at radius 3 is 2.06 bits per heavy atom. The number of piperazine rings is 1. The molecule has 2 heterocycles. The minimum atomic E-state index is -2.00. The van der Waals surface area contributed by atoms with E-state index in [-0.39, 0.29) is 44.2 Å². The van der Waals surface area contributed by atoms with Crippen LogP contribution in [-0.2, 0) is 14.3 Å². The first kappa shape index (κ1) is 39.2. The summed E-state index contributed by atoms with van der Waals surface area (Å²) in [6.45, 7) is 9.36. The Labute approximate surface area is 302 Å². The molecule has 0 spiro atoms. The fourth-order valence-electron chi connectivity index (χ4n) is 5.44. The van der Waals surface area contributed by atoms with E-state index >= 15 is 0 Å². The molecule has 3 atom stereocenters. The van der Waals surface area contributed by atoms with Crippen molar-refractivity contribution < 1.29 is 51.6 Å². The zero-order chi connectivity index (χ0) is 37.3. The van der Waals surface area contributed by atoms with E-state index in [1.165, 1.54) is 23.6 Å². The summed E-state index contributed by atoms with van der Waals surface area (Å²) in [6, 6.07) is 6.12. The van der Waals surface area contributed by atoms with Crippen LogP contribution in [0.4, 0.5) is 22.8 Å². The number of halogens is 6. The van der Waals surface area contributed by atoms with Crippen molar-refractivity contribution in [3.05, 3.63) is 65.0 Å². The van der Waals surface area contributed by atoms with Gasteiger partial charge >= 0.3 is 18.2 Å². The molecule has 0 aromatic heterocycles. The normalized spacial score (nSPS) is 18.8. The van der Waals surface area contributed by atoms with Crippen molar-refractivity contribution in [2.45, 2.75) is 75.0 Å². The lowest BCUT2D eigenvalue weighted by Crippen LogP contribution is -2.65. The van der Waals surface area contributed by atoms with Gasteiger partial charge in [-0.25, -0.2) is 23.2 Å². The molecule has 1 saturated heterocycles. The zero-order valence-corrected chi connectivity index (χ0v) is 30.5. The molecule has 274 valence electrons. The lowest BCUT2D eigenvalue weighted by molar-refractivity contribution is -0.134. The highest BCUT2D eigenvalue weighted by Gasteiger charge is 2.51. The van der Waals surface area contributed by atoms with Gasteiger partial charge in [0, 0.05) is 19.0 Å². The highest BCUT2D eigenvalue weighted by molar-refractivity contribution is 6.68. The molecule has 0 aliphatic carbocycles. The topological polar surface area (TPSA) is 115 Å². The highest BCUT2D eigenvalue weighted by Crippen LogP contribution is 2.43. The maximum Gasteiger partial charge on any atom is 0.411 e. The number of nitrogens with zero attached hydrogens (tertiary/aromatic N) is 2. The molecule has 1 fully saturated rings. The molecule has 2 aromatic carbocycles. The Balaban J connectivity index is 1.56. The summed E-state index contributed by atoms with van der Waals surface area (Å²) in [4.78, 5) is 42.3. The Hall–Kier alpha value is -3.55. The number of carbonyl (C=O) groups is 3. The zero-order valence-electron chi connectivity index (χ0n) is 28.2. The molecule has 2 aliphatic rings. The third-order valence-electron chi connectivity index (χ3n) is 8.02. The molecule has 1 N–H and O–H groups in total. The van der Waals surface area contributed by atoms with E-state index < -0.39 is 68.4 Å². The summed E-state index contributed by atoms with van der Waals surface area (Å²) in [7, 11) is 0. The van der Waals surface area contributed by atoms with Crippen LogP contribution < -0.4 is 9.47 Å². The van der Waals surface area contributed by atoms with Crippen molar-refractivity contribution in [1.29, 1.82) is 0 Å². The molecule has 50 heavy (non-hydrogen) atoms. The molecular formula is C34H38Cl3F3N2O8. The number of benzene rings is 2. The maximum absolute atomic E-state index is 13.9. The SMILES string of the molecule is C[C@@H](COc1ccc(C2=C(C(=O)O)[C@@H]3CN(C(=O)OC(C)(C)C)C[C@H](C2)N3C(=O)OC(C)(C)C(Cl)(Cl)Cl)cc1)COc1c(F)ccc(F)c1F. The van der Waals surface area contributed by atoms with Crippen LogP contribution >= 0.6 is 34.8 Å². The van der Waals surface area contributed by atoms with Crippen LogP contribution in [0, 0.1) is 23.4 Å². The summed E-state index contributed by atoms with van der Waals surface area (Å²) in [5, 5.41) is 10.5. The first-order chi connectivity index (χ1) is 23.1. The van der Waals surface area contributed by atoms with Crippen LogP contribution in [0.15, 0.2) is 42.0 Å². The van der Waals surface area contributed by atoms with Gasteiger partial charge in [0.1, 0.15) is 11.4 Å². The van der Waals surface area contributed by atoms with Crippen molar-refractivity contribution in [2.75, 3.05) is 26.3 Å². The van der Waals surface area contributed by atoms with E-state index in [1.807, 2.05) is 0 Å². The highest BCUT2D eigenvalue weighted by atomic mass is 35.6. The molecule has 4 rings (SSSR count). The largest absolute Gasteiger partial charge is 0.493 e. The van der Waals surface area contributed by atoms with Crippen molar-refractivity contribution in [3.63, 3.8) is 0 Å². The molecule has 2 bridgehead atoms. The van der Waals surface area contributed by atoms with Crippen LogP contribution in [0.3, 0.4) is 0 Å². The lowest BCUT2D eigenvalue weighted by atomic mass is 9.82. The summed E-state index contributed by atoms with van der Waals surface area (Å²) in [5.41, 5.74) is -1.56. The molecule has 0 saturated carbocycles. The van der Waals surface area contributed by atoms with E-state index in [2.05, 4.69) is 0 Å². The summed E-state index contributed by atoms with van der Waals surface area (Å²) in [5.74, 6) is -5.75. The quantitative estimate of drug-likeness (QED) is 0.202. The summed E-state index contributed by atoms with van der Waals surface area (Å²) < 4.78 is 61.4. The van der Waals surface area contributed by atoms with Gasteiger partial charge in [0.15, 0.2) is 23.0 Å². The van der Waals surface area contributed by atoms with Crippen LogP contribution in [-0.4, -0.2) is 86.4 Å². The van der Waals surface area contributed by atoms with Gasteiger partial charge in [-0.1, -0.05) is 53.9 Å². The number of ether oxygens (including phenoxy) is 4. The van der Waals surface area contributed by atoms with Gasteiger partial charge in [-0.15, -0.1) is 0 Å². The van der Waals surface area contributed by atoms with E-state index in [1.54, 1.807) is 52.0 Å². The number of hydrogen-bond donors (Lipinski definition) is 1. The van der Waals surface area contributed by atoms with Gasteiger partial charge < -0.3 is 29.0 Å². The Bertz CT molecular complexity index is 1640. The second-order valence-corrected chi connectivity index (χ2v) is 15.9. The smallest absolute Gasteiger partial charge is 0.411 e. The second kappa shape index (κ2) is 15.0. The summed E-state index contributed by atoms with van der Waals surface area (Å²) >= 11 is 18.2. The second-order valence-electron chi connectivity index (χ2n) is 13.7. The Morgan fingerprint density at radius 1 is 0.880 bits per heavy atom. The van der Waals surface area contributed by atoms with E-state index in [4.69, 9.17) is 53.8 Å². The number of carboxylic acid groups (broad SMARTS) is 1. The van der Waals surface area contributed by atoms with Crippen molar-refractivity contribution >= 4 is 58.5 Å². The fourth-order valence-corrected chi connectivity index (χ4v) is 5.55. The minimum absolute atomic E-state index is 0.00961. The average Bonchev–Trinajstić information content (AvgIpc) is 2.99. The third kappa shape index (κ3) is 9.02. The Morgan fingerprint density at radius 2 is 1.48 bits per heavy atom. The van der Waals surface area contributed by atoms with Crippen LogP contribution in [0.2, 0.25) is 0 Å². The predicted molar refractivity (Wildman–Crippen MR) is 180 cm³/mol. The van der Waals surface area contributed by atoms with Crippen LogP contribution in [0.5, 0.6) is 11.5 Å². The monoisotopic (exact) mass is 764 g/mol. The number of amides is 2. The minimum Gasteiger partial charge on any atom is -0.493 e. The van der Waals surface area contributed by atoms with Crippen molar-refractivity contribution in [3.8, 4) is 11.5 Å². The summed E-state index contributed by atoms with van der Waals surface area (Å²) in [6.07, 6.45) is -1.55. The van der Waals surface area contributed by atoms with E-state index in [0.717, 1.165) is 6.07 Å². The maximum atomic E-state index is 13.9. The number of fused-ring (bicyclic) bond motifs is 2. The van der Waals surface area contributed by atoms with Gasteiger partial charge in [0.05, 0.1) is 30.9 Å². The van der Waals surface area contributed by atoms with Crippen molar-refractivity contribution in [2.24, 2.45) is 5.92 Å². The van der Waals surface area contributed by atoms with Gasteiger partial charge in [-0.2, -0.15) is 4.39 Å². The molecule has 0 radical (unpaired) electrons. The van der Waals surface area contributed by atoms with Gasteiger partial charge in [-0.05, 0) is 76.4 Å². The van der Waals surface area contributed by atoms with Crippen LogP contribution in [0.1, 0.15) is 53.5 Å². The standard InChI is InChI=1S/C34H38Cl3F3N2O8/c1-18(17-48-28-24(39)12-11-23(38)27(28)40)16-47-21-9-7-19(8-10-21)22-13-20-14-41(30(45)49-32(2,3)4)15-25(26(22)29(43)44)42(20)31(46)50-33(5,6)34(35,36)37/h7-12,18,20,25H,13-17H2,1-6H3,(H,43,44)/t18-,20-,25-/m0/s1. The number of carbonyl (C=O) groups excluding carboxylic acids is 2. The molecule has 2 amide bonds. The lowest BCUT2D eigenvalue weighted by Gasteiger charge is -2.50. The average molecular weight is 766 g/mol. The number of alkyl halides is 3. The predicted octanol–water partition coefficient (Wildman–Crippen LogP) is 8.02. The number of rotatable bonds is 9. The molecule has 0 unspecified atom stereocenters. The molecule has 10 nitrogen and oxygen atoms in total. The molecule has 2 aliphatic heterocycles.